The number of aliphatic imine (C=N–C) groups is 1. The number of morpholine rings is 1. The minimum Gasteiger partial charge on any atom is -0.379 e. The zero-order chi connectivity index (χ0) is 18.0. The molecule has 2 saturated heterocycles. The number of hydrogen-bond acceptors (Lipinski definition) is 4. The highest BCUT2D eigenvalue weighted by Crippen LogP contribution is 2.14. The Kier molecular flexibility index (Phi) is 7.73. The van der Waals surface area contributed by atoms with Gasteiger partial charge in [-0.1, -0.05) is 24.3 Å². The standard InChI is InChI=1S/C20H32N4O2/c1-21-20(22-9-8-19-7-4-12-26-19)23-15-17-5-2-3-6-18(17)16-24-10-13-25-14-11-24/h2-3,5-6,19H,4,7-16H2,1H3,(H2,21,22,23). The first-order chi connectivity index (χ1) is 12.8. The van der Waals surface area contributed by atoms with Crippen LogP contribution in [0.15, 0.2) is 29.3 Å². The smallest absolute Gasteiger partial charge is 0.191 e. The maximum atomic E-state index is 5.67. The van der Waals surface area contributed by atoms with Crippen LogP contribution in [-0.4, -0.2) is 63.5 Å². The van der Waals surface area contributed by atoms with Crippen molar-refractivity contribution in [3.63, 3.8) is 0 Å². The van der Waals surface area contributed by atoms with Crippen LogP contribution in [0.3, 0.4) is 0 Å². The molecule has 3 rings (SSSR count). The first-order valence-corrected chi connectivity index (χ1v) is 9.78. The quantitative estimate of drug-likeness (QED) is 0.573. The molecule has 1 aromatic rings. The van der Waals surface area contributed by atoms with E-state index in [1.165, 1.54) is 24.0 Å². The number of benzene rings is 1. The van der Waals surface area contributed by atoms with E-state index in [1.807, 2.05) is 7.05 Å². The number of nitrogens with one attached hydrogen (secondary N) is 2. The van der Waals surface area contributed by atoms with Crippen molar-refractivity contribution in [2.24, 2.45) is 4.99 Å². The molecule has 0 spiro atoms. The van der Waals surface area contributed by atoms with E-state index < -0.39 is 0 Å². The van der Waals surface area contributed by atoms with Gasteiger partial charge in [-0.25, -0.2) is 0 Å². The van der Waals surface area contributed by atoms with Crippen LogP contribution < -0.4 is 10.6 Å². The summed E-state index contributed by atoms with van der Waals surface area (Å²) >= 11 is 0. The highest BCUT2D eigenvalue weighted by atomic mass is 16.5. The summed E-state index contributed by atoms with van der Waals surface area (Å²) < 4.78 is 11.1. The number of ether oxygens (including phenoxy) is 2. The first-order valence-electron chi connectivity index (χ1n) is 9.78. The molecule has 6 heteroatoms. The molecule has 2 aliphatic rings. The van der Waals surface area contributed by atoms with Gasteiger partial charge in [0.05, 0.1) is 19.3 Å². The maximum absolute atomic E-state index is 5.67. The van der Waals surface area contributed by atoms with E-state index in [0.29, 0.717) is 6.10 Å². The van der Waals surface area contributed by atoms with Crippen molar-refractivity contribution in [1.29, 1.82) is 0 Å². The van der Waals surface area contributed by atoms with E-state index in [1.54, 1.807) is 0 Å². The highest BCUT2D eigenvalue weighted by molar-refractivity contribution is 5.79. The summed E-state index contributed by atoms with van der Waals surface area (Å²) in [5, 5.41) is 6.84. The lowest BCUT2D eigenvalue weighted by Gasteiger charge is -2.27. The lowest BCUT2D eigenvalue weighted by atomic mass is 10.1. The molecule has 6 nitrogen and oxygen atoms in total. The summed E-state index contributed by atoms with van der Waals surface area (Å²) in [6.45, 7) is 7.25. The van der Waals surface area contributed by atoms with Gasteiger partial charge in [0.25, 0.3) is 0 Å². The summed E-state index contributed by atoms with van der Waals surface area (Å²) in [4.78, 5) is 6.79. The third-order valence-corrected chi connectivity index (χ3v) is 5.07. The summed E-state index contributed by atoms with van der Waals surface area (Å²) in [7, 11) is 1.82. The van der Waals surface area contributed by atoms with E-state index in [0.717, 1.165) is 64.9 Å². The van der Waals surface area contributed by atoms with Gasteiger partial charge in [0.1, 0.15) is 0 Å². The van der Waals surface area contributed by atoms with Crippen LogP contribution in [0, 0.1) is 0 Å². The first kappa shape index (κ1) is 19.1. The van der Waals surface area contributed by atoms with Crippen LogP contribution in [0.4, 0.5) is 0 Å². The Hall–Kier alpha value is -1.63. The topological polar surface area (TPSA) is 58.1 Å². The van der Waals surface area contributed by atoms with E-state index >= 15 is 0 Å². The van der Waals surface area contributed by atoms with Gasteiger partial charge in [-0.3, -0.25) is 9.89 Å². The van der Waals surface area contributed by atoms with Gasteiger partial charge in [0.2, 0.25) is 0 Å². The summed E-state index contributed by atoms with van der Waals surface area (Å²) in [5.41, 5.74) is 2.69. The molecule has 1 unspecified atom stereocenters. The Bertz CT molecular complexity index is 567. The Morgan fingerprint density at radius 2 is 1.96 bits per heavy atom. The molecule has 2 heterocycles. The van der Waals surface area contributed by atoms with Gasteiger partial charge >= 0.3 is 0 Å². The largest absolute Gasteiger partial charge is 0.379 e. The molecule has 0 aliphatic carbocycles. The maximum Gasteiger partial charge on any atom is 0.191 e. The van der Waals surface area contributed by atoms with Crippen LogP contribution in [0.25, 0.3) is 0 Å². The van der Waals surface area contributed by atoms with Crippen molar-refractivity contribution < 1.29 is 9.47 Å². The van der Waals surface area contributed by atoms with Crippen LogP contribution in [-0.2, 0) is 22.6 Å². The van der Waals surface area contributed by atoms with Gasteiger partial charge < -0.3 is 20.1 Å². The molecule has 26 heavy (non-hydrogen) atoms. The molecule has 1 atom stereocenters. The fourth-order valence-electron chi connectivity index (χ4n) is 3.51. The molecule has 0 radical (unpaired) electrons. The Balaban J connectivity index is 1.46. The van der Waals surface area contributed by atoms with E-state index in [-0.39, 0.29) is 0 Å². The molecule has 1 aromatic carbocycles. The molecular formula is C20H32N4O2. The van der Waals surface area contributed by atoms with Gasteiger partial charge in [-0.05, 0) is 30.4 Å². The average molecular weight is 361 g/mol. The minimum atomic E-state index is 0.412. The monoisotopic (exact) mass is 360 g/mol. The molecule has 2 fully saturated rings. The van der Waals surface area contributed by atoms with Crippen LogP contribution in [0.2, 0.25) is 0 Å². The van der Waals surface area contributed by atoms with Crippen molar-refractivity contribution in [1.82, 2.24) is 15.5 Å². The summed E-state index contributed by atoms with van der Waals surface area (Å²) in [5.74, 6) is 0.851. The SMILES string of the molecule is CN=C(NCCC1CCCO1)NCc1ccccc1CN1CCOCC1. The fourth-order valence-corrected chi connectivity index (χ4v) is 3.51. The van der Waals surface area contributed by atoms with Crippen LogP contribution >= 0.6 is 0 Å². The molecule has 144 valence electrons. The molecule has 2 N–H and O–H groups in total. The number of hydrogen-bond donors (Lipinski definition) is 2. The third kappa shape index (κ3) is 5.97. The fraction of sp³-hybridized carbons (Fsp3) is 0.650. The Labute approximate surface area is 157 Å². The van der Waals surface area contributed by atoms with Gasteiger partial charge in [0, 0.05) is 46.4 Å². The Morgan fingerprint density at radius 1 is 1.15 bits per heavy atom. The van der Waals surface area contributed by atoms with Crippen LogP contribution in [0.1, 0.15) is 30.4 Å². The molecular weight excluding hydrogens is 328 g/mol. The zero-order valence-corrected chi connectivity index (χ0v) is 15.9. The molecule has 0 bridgehead atoms. The lowest BCUT2D eigenvalue weighted by Crippen LogP contribution is -2.39. The molecule has 0 aromatic heterocycles. The van der Waals surface area contributed by atoms with Crippen molar-refractivity contribution in [3.8, 4) is 0 Å². The number of guanidine groups is 1. The third-order valence-electron chi connectivity index (χ3n) is 5.07. The second kappa shape index (κ2) is 10.5. The van der Waals surface area contributed by atoms with Crippen molar-refractivity contribution in [3.05, 3.63) is 35.4 Å². The second-order valence-corrected chi connectivity index (χ2v) is 6.93. The normalized spacial score (nSPS) is 21.7. The van der Waals surface area contributed by atoms with Gasteiger partial charge in [-0.2, -0.15) is 0 Å². The molecule has 0 saturated carbocycles. The average Bonchev–Trinajstić information content (AvgIpc) is 3.20. The van der Waals surface area contributed by atoms with E-state index in [4.69, 9.17) is 9.47 Å². The van der Waals surface area contributed by atoms with E-state index in [9.17, 15) is 0 Å². The van der Waals surface area contributed by atoms with Gasteiger partial charge in [0.15, 0.2) is 5.96 Å². The molecule has 2 aliphatic heterocycles. The number of rotatable bonds is 7. The van der Waals surface area contributed by atoms with Crippen molar-refractivity contribution >= 4 is 5.96 Å². The predicted octanol–water partition coefficient (Wildman–Crippen LogP) is 1.75. The summed E-state index contributed by atoms with van der Waals surface area (Å²) in [6.07, 6.45) is 3.82. The predicted molar refractivity (Wildman–Crippen MR) is 104 cm³/mol. The van der Waals surface area contributed by atoms with Crippen molar-refractivity contribution in [2.45, 2.75) is 38.5 Å². The van der Waals surface area contributed by atoms with E-state index in [2.05, 4.69) is 44.8 Å². The second-order valence-electron chi connectivity index (χ2n) is 6.93. The minimum absolute atomic E-state index is 0.412. The van der Waals surface area contributed by atoms with Gasteiger partial charge in [-0.15, -0.1) is 0 Å². The van der Waals surface area contributed by atoms with Crippen molar-refractivity contribution in [2.75, 3.05) is 46.5 Å². The highest BCUT2D eigenvalue weighted by Gasteiger charge is 2.15. The van der Waals surface area contributed by atoms with Crippen LogP contribution in [0.5, 0.6) is 0 Å². The molecule has 0 amide bonds. The number of nitrogens with zero attached hydrogens (tertiary/aromatic N) is 2. The summed E-state index contributed by atoms with van der Waals surface area (Å²) in [6, 6.07) is 8.64. The zero-order valence-electron chi connectivity index (χ0n) is 15.9. The lowest BCUT2D eigenvalue weighted by molar-refractivity contribution is 0.0341. The Morgan fingerprint density at radius 3 is 2.69 bits per heavy atom.